The van der Waals surface area contributed by atoms with E-state index in [1.807, 2.05) is 0 Å². The highest BCUT2D eigenvalue weighted by molar-refractivity contribution is 5.31. The molecule has 1 unspecified atom stereocenters. The van der Waals surface area contributed by atoms with E-state index in [9.17, 15) is 0 Å². The molecule has 1 heterocycles. The minimum absolute atomic E-state index is 0.240. The van der Waals surface area contributed by atoms with Crippen LogP contribution in [0.1, 0.15) is 56.3 Å². The summed E-state index contributed by atoms with van der Waals surface area (Å²) in [5.74, 6) is 0. The van der Waals surface area contributed by atoms with Crippen LogP contribution in [0.25, 0.3) is 0 Å². The molecule has 0 aromatic heterocycles. The Hall–Kier alpha value is -0.860. The number of benzene rings is 1. The van der Waals surface area contributed by atoms with Crippen molar-refractivity contribution in [3.8, 4) is 0 Å². The number of hydrogen-bond donors (Lipinski definition) is 1. The molecule has 2 nitrogen and oxygen atoms in total. The first-order valence-electron chi connectivity index (χ1n) is 7.71. The van der Waals surface area contributed by atoms with Crippen LogP contribution in [-0.2, 0) is 11.2 Å². The van der Waals surface area contributed by atoms with Gasteiger partial charge in [0.2, 0.25) is 0 Å². The molecule has 19 heavy (non-hydrogen) atoms. The molecule has 1 fully saturated rings. The van der Waals surface area contributed by atoms with Gasteiger partial charge in [-0.1, -0.05) is 43.5 Å². The van der Waals surface area contributed by atoms with Crippen LogP contribution in [0, 0.1) is 0 Å². The predicted octanol–water partition coefficient (Wildman–Crippen LogP) is 3.61. The lowest BCUT2D eigenvalue weighted by Gasteiger charge is -2.37. The molecule has 0 spiro atoms. The van der Waals surface area contributed by atoms with E-state index < -0.39 is 0 Å². The summed E-state index contributed by atoms with van der Waals surface area (Å²) in [7, 11) is 0. The summed E-state index contributed by atoms with van der Waals surface area (Å²) in [6, 6.07) is 8.73. The van der Waals surface area contributed by atoms with Crippen LogP contribution < -0.4 is 5.32 Å². The molecule has 2 heteroatoms. The second-order valence-corrected chi connectivity index (χ2v) is 6.31. The number of ether oxygens (including phenoxy) is 1. The molecule has 1 atom stereocenters. The average molecular weight is 259 g/mol. The zero-order valence-corrected chi connectivity index (χ0v) is 12.0. The number of fused-ring (bicyclic) bond motifs is 1. The first-order chi connectivity index (χ1) is 9.27. The van der Waals surface area contributed by atoms with Crippen molar-refractivity contribution >= 4 is 0 Å². The van der Waals surface area contributed by atoms with Gasteiger partial charge in [-0.3, -0.25) is 0 Å². The van der Waals surface area contributed by atoms with E-state index in [1.54, 1.807) is 0 Å². The Bertz CT molecular complexity index is 423. The topological polar surface area (TPSA) is 21.3 Å². The Balaban J connectivity index is 1.64. The summed E-state index contributed by atoms with van der Waals surface area (Å²) in [4.78, 5) is 0. The molecule has 0 amide bonds. The zero-order chi connectivity index (χ0) is 13.1. The van der Waals surface area contributed by atoms with Gasteiger partial charge in [0, 0.05) is 12.1 Å². The van der Waals surface area contributed by atoms with Crippen LogP contribution in [0.2, 0.25) is 0 Å². The van der Waals surface area contributed by atoms with Gasteiger partial charge in [-0.15, -0.1) is 0 Å². The van der Waals surface area contributed by atoms with Crippen molar-refractivity contribution in [2.24, 2.45) is 0 Å². The summed E-state index contributed by atoms with van der Waals surface area (Å²) in [5, 5.41) is 3.78. The van der Waals surface area contributed by atoms with Crippen molar-refractivity contribution in [1.82, 2.24) is 5.32 Å². The van der Waals surface area contributed by atoms with Crippen molar-refractivity contribution in [2.45, 2.75) is 57.1 Å². The fourth-order valence-corrected chi connectivity index (χ4v) is 3.49. The highest BCUT2D eigenvalue weighted by atomic mass is 16.5. The van der Waals surface area contributed by atoms with Gasteiger partial charge in [-0.2, -0.15) is 0 Å². The van der Waals surface area contributed by atoms with Crippen molar-refractivity contribution < 1.29 is 4.74 Å². The van der Waals surface area contributed by atoms with E-state index in [0.29, 0.717) is 5.54 Å². The number of nitrogens with one attached hydrogen (secondary N) is 1. The molecule has 0 saturated heterocycles. The van der Waals surface area contributed by atoms with Crippen molar-refractivity contribution in [2.75, 3.05) is 13.2 Å². The Morgan fingerprint density at radius 1 is 1.21 bits per heavy atom. The Morgan fingerprint density at radius 3 is 2.84 bits per heavy atom. The number of hydrogen-bond acceptors (Lipinski definition) is 2. The molecule has 0 bridgehead atoms. The molecule has 104 valence electrons. The van der Waals surface area contributed by atoms with Gasteiger partial charge in [0.1, 0.15) is 0 Å². The normalized spacial score (nSPS) is 25.8. The average Bonchev–Trinajstić information content (AvgIpc) is 2.46. The highest BCUT2D eigenvalue weighted by Gasteiger charge is 2.28. The molecule has 1 aliphatic heterocycles. The monoisotopic (exact) mass is 259 g/mol. The molecule has 1 saturated carbocycles. The van der Waals surface area contributed by atoms with Gasteiger partial charge in [0.25, 0.3) is 0 Å². The summed E-state index contributed by atoms with van der Waals surface area (Å²) in [6.07, 6.45) is 8.05. The van der Waals surface area contributed by atoms with Gasteiger partial charge < -0.3 is 10.1 Å². The Morgan fingerprint density at radius 2 is 2.00 bits per heavy atom. The van der Waals surface area contributed by atoms with E-state index >= 15 is 0 Å². The maximum Gasteiger partial charge on any atom is 0.0952 e. The maximum absolute atomic E-state index is 5.98. The quantitative estimate of drug-likeness (QED) is 0.895. The largest absolute Gasteiger partial charge is 0.372 e. The first kappa shape index (κ1) is 13.1. The third-order valence-corrected chi connectivity index (χ3v) is 4.76. The van der Waals surface area contributed by atoms with Crippen LogP contribution in [0.4, 0.5) is 0 Å². The van der Waals surface area contributed by atoms with Crippen molar-refractivity contribution in [1.29, 1.82) is 0 Å². The zero-order valence-electron chi connectivity index (χ0n) is 12.0. The number of rotatable bonds is 3. The smallest absolute Gasteiger partial charge is 0.0952 e. The van der Waals surface area contributed by atoms with Crippen molar-refractivity contribution in [3.05, 3.63) is 35.4 Å². The van der Waals surface area contributed by atoms with Crippen LogP contribution in [-0.4, -0.2) is 18.7 Å². The summed E-state index contributed by atoms with van der Waals surface area (Å²) in [5.41, 5.74) is 3.18. The first-order valence-corrected chi connectivity index (χ1v) is 7.71. The molecule has 1 N–H and O–H groups in total. The molecule has 0 radical (unpaired) electrons. The van der Waals surface area contributed by atoms with Crippen LogP contribution in [0.5, 0.6) is 0 Å². The Kier molecular flexibility index (Phi) is 3.90. The van der Waals surface area contributed by atoms with Gasteiger partial charge in [-0.05, 0) is 37.3 Å². The molecule has 2 aliphatic rings. The van der Waals surface area contributed by atoms with Crippen molar-refractivity contribution in [3.63, 3.8) is 0 Å². The fraction of sp³-hybridized carbons (Fsp3) is 0.647. The van der Waals surface area contributed by atoms with Crippen LogP contribution in [0.15, 0.2) is 24.3 Å². The summed E-state index contributed by atoms with van der Waals surface area (Å²) < 4.78 is 5.98. The maximum atomic E-state index is 5.98. The molecular weight excluding hydrogens is 234 g/mol. The van der Waals surface area contributed by atoms with Gasteiger partial charge in [0.15, 0.2) is 0 Å². The van der Waals surface area contributed by atoms with Gasteiger partial charge in [-0.25, -0.2) is 0 Å². The molecular formula is C17H25NO. The lowest BCUT2D eigenvalue weighted by molar-refractivity contribution is 0.0349. The van der Waals surface area contributed by atoms with E-state index in [-0.39, 0.29) is 6.10 Å². The molecule has 3 rings (SSSR count). The van der Waals surface area contributed by atoms with E-state index in [2.05, 4.69) is 36.5 Å². The van der Waals surface area contributed by atoms with E-state index in [0.717, 1.165) is 19.6 Å². The minimum Gasteiger partial charge on any atom is -0.372 e. The highest BCUT2D eigenvalue weighted by Crippen LogP contribution is 2.30. The second kappa shape index (κ2) is 5.64. The molecule has 1 aromatic carbocycles. The lowest BCUT2D eigenvalue weighted by atomic mass is 9.83. The Labute approximate surface area is 116 Å². The van der Waals surface area contributed by atoms with Gasteiger partial charge >= 0.3 is 0 Å². The third kappa shape index (κ3) is 3.01. The standard InChI is InChI=1S/C17H25NO/c1-17(10-5-2-6-11-17)18-13-16-15-8-4-3-7-14(15)9-12-19-16/h3-4,7-8,16,18H,2,5-6,9-13H2,1H3. The van der Waals surface area contributed by atoms with E-state index in [4.69, 9.17) is 4.74 Å². The summed E-state index contributed by atoms with van der Waals surface area (Å²) >= 11 is 0. The SMILES string of the molecule is CC1(NCC2OCCc3ccccc32)CCCCC1. The minimum atomic E-state index is 0.240. The second-order valence-electron chi connectivity index (χ2n) is 6.31. The van der Waals surface area contributed by atoms with Crippen LogP contribution >= 0.6 is 0 Å². The van der Waals surface area contributed by atoms with Crippen LogP contribution in [0.3, 0.4) is 0 Å². The fourth-order valence-electron chi connectivity index (χ4n) is 3.49. The lowest BCUT2D eigenvalue weighted by Crippen LogP contribution is -2.46. The van der Waals surface area contributed by atoms with E-state index in [1.165, 1.54) is 43.2 Å². The molecule has 1 aliphatic carbocycles. The molecule has 1 aromatic rings. The van der Waals surface area contributed by atoms with Gasteiger partial charge in [0.05, 0.1) is 12.7 Å². The summed E-state index contributed by atoms with van der Waals surface area (Å²) in [6.45, 7) is 4.19. The predicted molar refractivity (Wildman–Crippen MR) is 78.3 cm³/mol. The third-order valence-electron chi connectivity index (χ3n) is 4.76.